The number of amides is 1. The number of carbonyl (C=O) groups is 1. The number of aromatic nitrogens is 2. The molecule has 0 fully saturated rings. The molecule has 0 aliphatic heterocycles. The number of hydrogen-bond donors (Lipinski definition) is 1. The number of halogens is 3. The number of nitrogens with one attached hydrogen (secondary N) is 1. The maximum atomic E-state index is 12.9. The lowest BCUT2D eigenvalue weighted by Gasteiger charge is -2.04. The van der Waals surface area contributed by atoms with Gasteiger partial charge in [-0.2, -0.15) is 0 Å². The Bertz CT molecular complexity index is 607. The third kappa shape index (κ3) is 2.78. The first kappa shape index (κ1) is 12.4. The zero-order valence-corrected chi connectivity index (χ0v) is 9.58. The summed E-state index contributed by atoms with van der Waals surface area (Å²) in [5, 5.41) is 2.35. The minimum absolute atomic E-state index is 0.0244. The Balaban J connectivity index is 2.19. The van der Waals surface area contributed by atoms with E-state index in [4.69, 9.17) is 11.6 Å². The highest BCUT2D eigenvalue weighted by Gasteiger charge is 2.10. The maximum absolute atomic E-state index is 12.9. The second kappa shape index (κ2) is 5.05. The summed E-state index contributed by atoms with van der Waals surface area (Å²) in [5.74, 6) is -2.56. The van der Waals surface area contributed by atoms with Crippen molar-refractivity contribution in [2.45, 2.75) is 0 Å². The number of benzene rings is 1. The molecule has 0 bridgehead atoms. The van der Waals surface area contributed by atoms with Crippen LogP contribution in [0.3, 0.4) is 0 Å². The number of nitrogens with zero attached hydrogens (tertiary/aromatic N) is 2. The Labute approximate surface area is 106 Å². The predicted octanol–water partition coefficient (Wildman–Crippen LogP) is 2.66. The molecule has 0 saturated heterocycles. The Morgan fingerprint density at radius 2 is 2.00 bits per heavy atom. The predicted molar refractivity (Wildman–Crippen MR) is 61.4 cm³/mol. The second-order valence-corrected chi connectivity index (χ2v) is 3.63. The van der Waals surface area contributed by atoms with Crippen LogP contribution in [-0.4, -0.2) is 15.9 Å². The van der Waals surface area contributed by atoms with E-state index in [0.29, 0.717) is 0 Å². The summed E-state index contributed by atoms with van der Waals surface area (Å²) in [6.07, 6.45) is 1.36. The quantitative estimate of drug-likeness (QED) is 0.853. The van der Waals surface area contributed by atoms with Crippen LogP contribution in [0.4, 0.5) is 14.6 Å². The molecule has 1 aromatic heterocycles. The normalized spacial score (nSPS) is 10.2. The van der Waals surface area contributed by atoms with Crippen molar-refractivity contribution < 1.29 is 13.6 Å². The van der Waals surface area contributed by atoms with Gasteiger partial charge in [-0.3, -0.25) is 4.79 Å². The van der Waals surface area contributed by atoms with Crippen molar-refractivity contribution in [3.63, 3.8) is 0 Å². The molecule has 1 aromatic carbocycles. The van der Waals surface area contributed by atoms with E-state index in [2.05, 4.69) is 15.3 Å². The van der Waals surface area contributed by atoms with Crippen LogP contribution in [0.1, 0.15) is 10.4 Å². The first-order valence-corrected chi connectivity index (χ1v) is 5.19. The molecule has 0 spiro atoms. The van der Waals surface area contributed by atoms with Crippen LogP contribution >= 0.6 is 11.6 Å². The van der Waals surface area contributed by atoms with E-state index in [-0.39, 0.29) is 16.7 Å². The van der Waals surface area contributed by atoms with Crippen molar-refractivity contribution in [2.24, 2.45) is 0 Å². The lowest BCUT2D eigenvalue weighted by Crippen LogP contribution is -2.13. The third-order valence-corrected chi connectivity index (χ3v) is 2.23. The molecule has 18 heavy (non-hydrogen) atoms. The van der Waals surface area contributed by atoms with Gasteiger partial charge in [0.2, 0.25) is 5.28 Å². The standard InChI is InChI=1S/C11H6ClF2N3O/c12-11-15-4-3-9(17-11)16-10(18)6-1-2-7(13)8(14)5-6/h1-5H,(H,15,16,17,18). The highest BCUT2D eigenvalue weighted by molar-refractivity contribution is 6.28. The molecule has 0 radical (unpaired) electrons. The monoisotopic (exact) mass is 269 g/mol. The number of hydrogen-bond acceptors (Lipinski definition) is 3. The van der Waals surface area contributed by atoms with Gasteiger partial charge in [-0.15, -0.1) is 0 Å². The van der Waals surface area contributed by atoms with Gasteiger partial charge < -0.3 is 5.32 Å². The van der Waals surface area contributed by atoms with Crippen LogP contribution in [0.2, 0.25) is 5.28 Å². The summed E-state index contributed by atoms with van der Waals surface area (Å²) >= 11 is 5.54. The van der Waals surface area contributed by atoms with Crippen molar-refractivity contribution in [2.75, 3.05) is 5.32 Å². The van der Waals surface area contributed by atoms with E-state index in [1.165, 1.54) is 12.3 Å². The van der Waals surface area contributed by atoms with Gasteiger partial charge in [0.15, 0.2) is 11.6 Å². The van der Waals surface area contributed by atoms with Crippen LogP contribution in [0.5, 0.6) is 0 Å². The molecule has 0 aliphatic carbocycles. The molecule has 4 nitrogen and oxygen atoms in total. The molecule has 2 aromatic rings. The molecule has 0 unspecified atom stereocenters. The van der Waals surface area contributed by atoms with Gasteiger partial charge in [0.1, 0.15) is 5.82 Å². The molecular weight excluding hydrogens is 264 g/mol. The van der Waals surface area contributed by atoms with Gasteiger partial charge in [-0.05, 0) is 35.9 Å². The molecule has 1 N–H and O–H groups in total. The van der Waals surface area contributed by atoms with Crippen molar-refractivity contribution in [3.05, 3.63) is 52.9 Å². The molecule has 92 valence electrons. The molecule has 0 aliphatic rings. The smallest absolute Gasteiger partial charge is 0.256 e. The van der Waals surface area contributed by atoms with Crippen molar-refractivity contribution in [1.82, 2.24) is 9.97 Å². The Morgan fingerprint density at radius 3 is 2.67 bits per heavy atom. The lowest BCUT2D eigenvalue weighted by molar-refractivity contribution is 0.102. The average molecular weight is 270 g/mol. The van der Waals surface area contributed by atoms with Gasteiger partial charge in [0.25, 0.3) is 5.91 Å². The van der Waals surface area contributed by atoms with E-state index < -0.39 is 17.5 Å². The minimum atomic E-state index is -1.09. The summed E-state index contributed by atoms with van der Waals surface area (Å²) in [7, 11) is 0. The molecule has 0 atom stereocenters. The number of rotatable bonds is 2. The van der Waals surface area contributed by atoms with Gasteiger partial charge in [-0.25, -0.2) is 18.7 Å². The lowest BCUT2D eigenvalue weighted by atomic mass is 10.2. The molecule has 1 heterocycles. The van der Waals surface area contributed by atoms with E-state index in [1.54, 1.807) is 0 Å². The largest absolute Gasteiger partial charge is 0.306 e. The summed E-state index contributed by atoms with van der Waals surface area (Å²) in [6.45, 7) is 0. The first-order valence-electron chi connectivity index (χ1n) is 4.81. The van der Waals surface area contributed by atoms with E-state index >= 15 is 0 Å². The van der Waals surface area contributed by atoms with E-state index in [1.807, 2.05) is 0 Å². The van der Waals surface area contributed by atoms with Gasteiger partial charge in [-0.1, -0.05) is 0 Å². The van der Waals surface area contributed by atoms with Gasteiger partial charge in [0, 0.05) is 11.8 Å². The van der Waals surface area contributed by atoms with Crippen LogP contribution in [0.15, 0.2) is 30.5 Å². The summed E-state index contributed by atoms with van der Waals surface area (Å²) in [5.41, 5.74) is -0.0244. The minimum Gasteiger partial charge on any atom is -0.306 e. The van der Waals surface area contributed by atoms with Crippen LogP contribution in [0.25, 0.3) is 0 Å². The fraction of sp³-hybridized carbons (Fsp3) is 0. The second-order valence-electron chi connectivity index (χ2n) is 3.29. The van der Waals surface area contributed by atoms with Gasteiger partial charge >= 0.3 is 0 Å². The Kier molecular flexibility index (Phi) is 3.47. The maximum Gasteiger partial charge on any atom is 0.256 e. The fourth-order valence-corrected chi connectivity index (χ4v) is 1.38. The topological polar surface area (TPSA) is 54.9 Å². The van der Waals surface area contributed by atoms with E-state index in [9.17, 15) is 13.6 Å². The van der Waals surface area contributed by atoms with Crippen molar-refractivity contribution in [1.29, 1.82) is 0 Å². The zero-order chi connectivity index (χ0) is 13.1. The SMILES string of the molecule is O=C(Nc1ccnc(Cl)n1)c1ccc(F)c(F)c1. The highest BCUT2D eigenvalue weighted by Crippen LogP contribution is 2.11. The summed E-state index contributed by atoms with van der Waals surface area (Å²) < 4.78 is 25.6. The first-order chi connectivity index (χ1) is 8.56. The summed E-state index contributed by atoms with van der Waals surface area (Å²) in [6, 6.07) is 4.25. The Morgan fingerprint density at radius 1 is 1.22 bits per heavy atom. The number of carbonyl (C=O) groups excluding carboxylic acids is 1. The fourth-order valence-electron chi connectivity index (χ4n) is 1.23. The third-order valence-electron chi connectivity index (χ3n) is 2.05. The molecule has 1 amide bonds. The number of anilines is 1. The summed E-state index contributed by atoms with van der Waals surface area (Å²) in [4.78, 5) is 19.1. The molecule has 7 heteroatoms. The Hall–Kier alpha value is -2.08. The molecule has 2 rings (SSSR count). The zero-order valence-electron chi connectivity index (χ0n) is 8.82. The van der Waals surface area contributed by atoms with Crippen LogP contribution in [0, 0.1) is 11.6 Å². The van der Waals surface area contributed by atoms with Gasteiger partial charge in [0.05, 0.1) is 0 Å². The van der Waals surface area contributed by atoms with Crippen LogP contribution in [-0.2, 0) is 0 Å². The van der Waals surface area contributed by atoms with Crippen LogP contribution < -0.4 is 5.32 Å². The average Bonchev–Trinajstić information content (AvgIpc) is 2.32. The highest BCUT2D eigenvalue weighted by atomic mass is 35.5. The molecular formula is C11H6ClF2N3O. The van der Waals surface area contributed by atoms with E-state index in [0.717, 1.165) is 18.2 Å². The van der Waals surface area contributed by atoms with Crippen molar-refractivity contribution >= 4 is 23.3 Å². The molecule has 0 saturated carbocycles. The van der Waals surface area contributed by atoms with Crippen molar-refractivity contribution in [3.8, 4) is 0 Å².